The average molecular weight is 1140 g/mol. The molecule has 0 aromatic carbocycles. The van der Waals surface area contributed by atoms with Crippen molar-refractivity contribution in [2.45, 2.75) is 125 Å². The van der Waals surface area contributed by atoms with Crippen LogP contribution in [-0.4, -0.2) is 217 Å². The second-order valence-electron chi connectivity index (χ2n) is 18.0. The highest BCUT2D eigenvalue weighted by atomic mass is 32.2. The van der Waals surface area contributed by atoms with E-state index in [1.807, 2.05) is 0 Å². The van der Waals surface area contributed by atoms with Crippen LogP contribution in [0.25, 0.3) is 11.2 Å². The van der Waals surface area contributed by atoms with E-state index < -0.39 is 152 Å². The maximum absolute atomic E-state index is 12.8. The van der Waals surface area contributed by atoms with E-state index in [-0.39, 0.29) is 55.9 Å². The molecule has 21 N–H and O–H groups in total. The van der Waals surface area contributed by atoms with Crippen LogP contribution < -0.4 is 38.9 Å². The number of aliphatic hydroxyl groups excluding tert-OH is 6. The second kappa shape index (κ2) is 26.1. The van der Waals surface area contributed by atoms with E-state index in [9.17, 15) is 78.3 Å². The Morgan fingerprint density at radius 2 is 1.50 bits per heavy atom. The van der Waals surface area contributed by atoms with Crippen molar-refractivity contribution < 1.29 is 110 Å². The van der Waals surface area contributed by atoms with Crippen LogP contribution in [0.1, 0.15) is 39.3 Å². The average Bonchev–Trinajstić information content (AvgIpc) is 3.88. The fourth-order valence-corrected chi connectivity index (χ4v) is 11.3. The Bertz CT molecular complexity index is 2380. The van der Waals surface area contributed by atoms with Gasteiger partial charge in [0.05, 0.1) is 31.7 Å². The van der Waals surface area contributed by atoms with Crippen LogP contribution in [0.15, 0.2) is 12.7 Å². The number of aromatic nitrogens is 4. The standard InChI is InChI=1S/C36H64N11O23P3S/c1-36(2,12-65-73(62,63)70-72(60,61)64-11-18-29(69-71(57,58)59)27(54)34(66-18)47-14-46-22-31(40)44-13-45-32(22)47)30(55)33(56)42-5-3-19(48)41-6-8-74-7-4-20(49)43-10-17-24(51)25(52)21(39)35(67-17)68-28-16(38)9-15(37)23(50)26(28)53/h13-18,21,23-30,34-35,50-55H,3-12,37-39H2,1-2H3,(H,41,48)(H,42,56)(H,43,49)(H,60,61)(H,62,63)(H2,40,44,45)(H2,57,58,59)/t15-,16+,17-,18-,21-,23+,24-,25-,26-,27-,28-,29-,30+,34-,35-/m1/s1. The third-order valence-electron chi connectivity index (χ3n) is 11.8. The molecule has 4 heterocycles. The van der Waals surface area contributed by atoms with Gasteiger partial charge in [-0.3, -0.25) is 32.5 Å². The number of hydrogen-bond donors (Lipinski definition) is 17. The van der Waals surface area contributed by atoms with Gasteiger partial charge < -0.3 is 103 Å². The molecular formula is C36H64N11O23P3S. The lowest BCUT2D eigenvalue weighted by molar-refractivity contribution is -0.288. The first kappa shape index (κ1) is 61.8. The summed E-state index contributed by atoms with van der Waals surface area (Å²) in [6.45, 7) is 0.0170. The molecule has 2 unspecified atom stereocenters. The van der Waals surface area contributed by atoms with Crippen LogP contribution in [0.4, 0.5) is 5.82 Å². The van der Waals surface area contributed by atoms with E-state index in [1.165, 1.54) is 25.6 Å². The number of anilines is 1. The Morgan fingerprint density at radius 3 is 2.19 bits per heavy atom. The van der Waals surface area contributed by atoms with Gasteiger partial charge in [-0.2, -0.15) is 16.1 Å². The Labute approximate surface area is 424 Å². The van der Waals surface area contributed by atoms with Crippen molar-refractivity contribution in [3.05, 3.63) is 12.7 Å². The van der Waals surface area contributed by atoms with Crippen LogP contribution in [0.3, 0.4) is 0 Å². The first-order chi connectivity index (χ1) is 34.4. The van der Waals surface area contributed by atoms with E-state index in [1.54, 1.807) is 0 Å². The molecule has 74 heavy (non-hydrogen) atoms. The van der Waals surface area contributed by atoms with Crippen LogP contribution in [0.5, 0.6) is 0 Å². The van der Waals surface area contributed by atoms with E-state index in [0.29, 0.717) is 11.5 Å². The number of ether oxygens (including phenoxy) is 3. The number of nitrogens with zero attached hydrogens (tertiary/aromatic N) is 4. The van der Waals surface area contributed by atoms with Crippen molar-refractivity contribution in [1.82, 2.24) is 35.5 Å². The number of phosphoric ester groups is 3. The summed E-state index contributed by atoms with van der Waals surface area (Å²) in [4.78, 5) is 88.8. The Balaban J connectivity index is 0.960. The summed E-state index contributed by atoms with van der Waals surface area (Å²) in [5, 5.41) is 70.8. The summed E-state index contributed by atoms with van der Waals surface area (Å²) in [5.74, 6) is -1.31. The van der Waals surface area contributed by atoms with Crippen LogP contribution in [0.2, 0.25) is 0 Å². The molecule has 3 aliphatic rings. The van der Waals surface area contributed by atoms with Gasteiger partial charge >= 0.3 is 23.5 Å². The number of thioether (sulfide) groups is 1. The predicted octanol–water partition coefficient (Wildman–Crippen LogP) is -6.42. The van der Waals surface area contributed by atoms with E-state index in [4.69, 9.17) is 46.2 Å². The third kappa shape index (κ3) is 16.8. The van der Waals surface area contributed by atoms with Crippen molar-refractivity contribution >= 4 is 69.9 Å². The third-order valence-corrected chi connectivity index (χ3v) is 15.8. The van der Waals surface area contributed by atoms with Gasteiger partial charge in [-0.25, -0.2) is 28.6 Å². The Morgan fingerprint density at radius 1 is 0.824 bits per heavy atom. The number of imidazole rings is 1. The number of nitrogen functional groups attached to an aromatic ring is 1. The summed E-state index contributed by atoms with van der Waals surface area (Å²) < 4.78 is 73.9. The molecule has 0 spiro atoms. The number of carbonyl (C=O) groups is 3. The Hall–Kier alpha value is -3.00. The molecule has 0 bridgehead atoms. The molecule has 3 fully saturated rings. The lowest BCUT2D eigenvalue weighted by Crippen LogP contribution is -2.67. The lowest BCUT2D eigenvalue weighted by Gasteiger charge is -2.45. The maximum Gasteiger partial charge on any atom is 0.481 e. The smallest absolute Gasteiger partial charge is 0.389 e. The van der Waals surface area contributed by atoms with Gasteiger partial charge in [0.1, 0.15) is 66.8 Å². The molecule has 422 valence electrons. The molecule has 1 saturated carbocycles. The van der Waals surface area contributed by atoms with Crippen molar-refractivity contribution in [2.75, 3.05) is 50.1 Å². The summed E-state index contributed by atoms with van der Waals surface area (Å²) in [5.41, 5.74) is 22.0. The van der Waals surface area contributed by atoms with Crippen molar-refractivity contribution in [3.63, 3.8) is 0 Å². The molecule has 5 rings (SSSR count). The first-order valence-electron chi connectivity index (χ1n) is 22.4. The number of aliphatic hydroxyl groups is 6. The summed E-state index contributed by atoms with van der Waals surface area (Å²) >= 11 is 1.31. The number of phosphoric acid groups is 3. The van der Waals surface area contributed by atoms with Gasteiger partial charge in [0.2, 0.25) is 17.7 Å². The summed E-state index contributed by atoms with van der Waals surface area (Å²) in [7, 11) is -16.5. The zero-order chi connectivity index (χ0) is 55.1. The topological polar surface area (TPSA) is 553 Å². The van der Waals surface area contributed by atoms with E-state index >= 15 is 0 Å². The van der Waals surface area contributed by atoms with Gasteiger partial charge in [0.15, 0.2) is 24.0 Å². The maximum atomic E-state index is 12.8. The van der Waals surface area contributed by atoms with Gasteiger partial charge in [0.25, 0.3) is 0 Å². The Kier molecular flexibility index (Phi) is 21.8. The lowest BCUT2D eigenvalue weighted by atomic mass is 9.84. The fraction of sp³-hybridized carbons (Fsp3) is 0.778. The molecule has 17 atom stereocenters. The van der Waals surface area contributed by atoms with Gasteiger partial charge in [-0.1, -0.05) is 13.8 Å². The molecule has 1 aliphatic carbocycles. The van der Waals surface area contributed by atoms with Crippen LogP contribution in [-0.2, 0) is 60.2 Å². The molecular weight excluding hydrogens is 1080 g/mol. The fourth-order valence-electron chi connectivity index (χ4n) is 7.64. The van der Waals surface area contributed by atoms with Crippen LogP contribution >= 0.6 is 35.2 Å². The zero-order valence-corrected chi connectivity index (χ0v) is 43.0. The molecule has 3 amide bonds. The molecule has 34 nitrogen and oxygen atoms in total. The molecule has 2 aromatic rings. The number of hydrogen-bond acceptors (Lipinski definition) is 27. The SMILES string of the molecule is CC(C)(COP(=O)(O)OP(=O)(O)OC[C@H]1O[C@@H](n2cnc3c(N)ncnc32)[C@H](O)[C@@H]1OP(=O)(O)O)[C@@H](O)C(=O)NCCC(=O)NCCSCCC(=O)NC[C@H]1O[C@H](O[C@H]2[C@H](O)[C@@H](O)[C@H](N)C[C@@H]2N)[C@H](N)[C@@H](O)[C@@H]1O. The van der Waals surface area contributed by atoms with Crippen LogP contribution in [0, 0.1) is 5.41 Å². The number of fused-ring (bicyclic) bond motifs is 1. The normalized spacial score (nSPS) is 31.8. The van der Waals surface area contributed by atoms with Crippen molar-refractivity contribution in [1.29, 1.82) is 0 Å². The molecule has 2 aromatic heterocycles. The number of nitrogens with two attached hydrogens (primary N) is 4. The quantitative estimate of drug-likeness (QED) is 0.0308. The minimum absolute atomic E-state index is 0.0105. The molecule has 0 radical (unpaired) electrons. The highest BCUT2D eigenvalue weighted by Crippen LogP contribution is 2.61. The largest absolute Gasteiger partial charge is 0.481 e. The van der Waals surface area contributed by atoms with E-state index in [2.05, 4.69) is 39.7 Å². The summed E-state index contributed by atoms with van der Waals surface area (Å²) in [6.07, 6.45) is -16.6. The number of nitrogens with one attached hydrogen (secondary N) is 3. The molecule has 2 aliphatic heterocycles. The van der Waals surface area contributed by atoms with Gasteiger partial charge in [-0.15, -0.1) is 0 Å². The number of carbonyl (C=O) groups excluding carboxylic acids is 3. The molecule has 38 heteroatoms. The van der Waals surface area contributed by atoms with Gasteiger partial charge in [-0.05, 0) is 6.42 Å². The van der Waals surface area contributed by atoms with E-state index in [0.717, 1.165) is 17.2 Å². The van der Waals surface area contributed by atoms with Gasteiger partial charge in [0, 0.05) is 61.5 Å². The monoisotopic (exact) mass is 1140 g/mol. The zero-order valence-electron chi connectivity index (χ0n) is 39.5. The summed E-state index contributed by atoms with van der Waals surface area (Å²) in [6, 6.07) is -2.86. The highest BCUT2D eigenvalue weighted by Gasteiger charge is 2.51. The number of amides is 3. The second-order valence-corrected chi connectivity index (χ2v) is 23.4. The van der Waals surface area contributed by atoms with Crippen molar-refractivity contribution in [2.24, 2.45) is 22.6 Å². The van der Waals surface area contributed by atoms with Crippen molar-refractivity contribution in [3.8, 4) is 0 Å². The predicted molar refractivity (Wildman–Crippen MR) is 251 cm³/mol. The minimum atomic E-state index is -5.62. The molecule has 2 saturated heterocycles. The number of rotatable bonds is 26. The minimum Gasteiger partial charge on any atom is -0.389 e. The first-order valence-corrected chi connectivity index (χ1v) is 28.1. The highest BCUT2D eigenvalue weighted by molar-refractivity contribution is 7.99.